The minimum atomic E-state index is -0.468. The lowest BCUT2D eigenvalue weighted by atomic mass is 9.84. The fraction of sp³-hybridized carbons (Fsp3) is 0.217. The van der Waals surface area contributed by atoms with E-state index in [0.29, 0.717) is 45.8 Å². The van der Waals surface area contributed by atoms with Gasteiger partial charge in [-0.05, 0) is 44.5 Å². The van der Waals surface area contributed by atoms with E-state index in [1.54, 1.807) is 19.9 Å². The van der Waals surface area contributed by atoms with E-state index in [2.05, 4.69) is 6.07 Å². The van der Waals surface area contributed by atoms with Crippen molar-refractivity contribution in [3.8, 4) is 17.6 Å². The second-order valence-electron chi connectivity index (χ2n) is 6.87. The van der Waals surface area contributed by atoms with Gasteiger partial charge in [-0.2, -0.15) is 5.26 Å². The fourth-order valence-corrected chi connectivity index (χ4v) is 3.91. The predicted octanol–water partition coefficient (Wildman–Crippen LogP) is 4.03. The van der Waals surface area contributed by atoms with Crippen LogP contribution in [-0.2, 0) is 0 Å². The van der Waals surface area contributed by atoms with Gasteiger partial charge in [0.05, 0.1) is 23.3 Å². The monoisotopic (exact) mass is 388 g/mol. The number of nitrogens with zero attached hydrogens (tertiary/aromatic N) is 1. The molecule has 4 rings (SSSR count). The Bertz CT molecular complexity index is 1250. The van der Waals surface area contributed by atoms with Gasteiger partial charge in [-0.3, -0.25) is 4.79 Å². The van der Waals surface area contributed by atoms with Gasteiger partial charge in [-0.25, -0.2) is 0 Å². The summed E-state index contributed by atoms with van der Waals surface area (Å²) in [5.41, 5.74) is 7.80. The van der Waals surface area contributed by atoms with Crippen LogP contribution in [-0.4, -0.2) is 6.61 Å². The third-order valence-electron chi connectivity index (χ3n) is 5.13. The Hall–Kier alpha value is -3.72. The number of rotatable bonds is 3. The molecule has 2 aromatic carbocycles. The Morgan fingerprint density at radius 2 is 1.79 bits per heavy atom. The molecule has 29 heavy (non-hydrogen) atoms. The van der Waals surface area contributed by atoms with E-state index in [1.165, 1.54) is 6.07 Å². The molecule has 0 saturated carbocycles. The molecule has 0 unspecified atom stereocenters. The van der Waals surface area contributed by atoms with Crippen LogP contribution < -0.4 is 20.6 Å². The summed E-state index contributed by atoms with van der Waals surface area (Å²) in [6.45, 7) is 6.01. The van der Waals surface area contributed by atoms with Crippen LogP contribution in [0.25, 0.3) is 10.8 Å². The Balaban J connectivity index is 2.03. The second kappa shape index (κ2) is 7.02. The van der Waals surface area contributed by atoms with E-state index in [-0.39, 0.29) is 11.3 Å². The average molecular weight is 388 g/mol. The summed E-state index contributed by atoms with van der Waals surface area (Å²) in [7, 11) is 0. The summed E-state index contributed by atoms with van der Waals surface area (Å²) in [5, 5.41) is 10.8. The summed E-state index contributed by atoms with van der Waals surface area (Å²) >= 11 is 0. The van der Waals surface area contributed by atoms with Crippen LogP contribution in [0.4, 0.5) is 0 Å². The molecule has 0 bridgehead atoms. The molecule has 1 aliphatic heterocycles. The number of aryl methyl sites for hydroxylation is 2. The van der Waals surface area contributed by atoms with E-state index >= 15 is 0 Å². The van der Waals surface area contributed by atoms with E-state index in [0.717, 1.165) is 11.3 Å². The Kier molecular flexibility index (Phi) is 4.51. The van der Waals surface area contributed by atoms with Gasteiger partial charge in [-0.1, -0.05) is 18.2 Å². The minimum absolute atomic E-state index is 0.0251. The van der Waals surface area contributed by atoms with E-state index in [1.807, 2.05) is 31.2 Å². The Labute approximate surface area is 167 Å². The van der Waals surface area contributed by atoms with Crippen LogP contribution in [0.5, 0.6) is 11.5 Å². The lowest BCUT2D eigenvalue weighted by Crippen LogP contribution is -2.20. The third-order valence-corrected chi connectivity index (χ3v) is 5.13. The first-order chi connectivity index (χ1) is 14.0. The standard InChI is InChI=1S/C23H20N2O4/c1-4-27-15-7-5-14(6-8-15)21-16-9-10-18(26)19-12(2)28-13(3)20(19)22(16)29-23(25)17(21)11-24/h5-10,21H,4,25H2,1-3H3/t21-/m0/s1. The quantitative estimate of drug-likeness (QED) is 0.727. The summed E-state index contributed by atoms with van der Waals surface area (Å²) in [6, 6.07) is 12.9. The van der Waals surface area contributed by atoms with E-state index in [9.17, 15) is 10.1 Å². The summed E-state index contributed by atoms with van der Waals surface area (Å²) in [4.78, 5) is 12.7. The van der Waals surface area contributed by atoms with Gasteiger partial charge in [0.15, 0.2) is 5.43 Å². The third kappa shape index (κ3) is 2.92. The predicted molar refractivity (Wildman–Crippen MR) is 109 cm³/mol. The number of allylic oxidation sites excluding steroid dienone is 1. The molecule has 1 atom stereocenters. The van der Waals surface area contributed by atoms with Crippen LogP contribution in [0.15, 0.2) is 57.1 Å². The molecule has 1 aliphatic rings. The molecule has 2 heterocycles. The normalized spacial score (nSPS) is 15.6. The van der Waals surface area contributed by atoms with Crippen molar-refractivity contribution in [3.05, 3.63) is 80.7 Å². The molecule has 0 aliphatic carbocycles. The molecule has 0 amide bonds. The van der Waals surface area contributed by atoms with Crippen molar-refractivity contribution in [2.75, 3.05) is 6.61 Å². The molecule has 0 radical (unpaired) electrons. The first-order valence-corrected chi connectivity index (χ1v) is 9.33. The van der Waals surface area contributed by atoms with E-state index < -0.39 is 5.92 Å². The number of hydrogen-bond donors (Lipinski definition) is 1. The molecular weight excluding hydrogens is 368 g/mol. The first-order valence-electron chi connectivity index (χ1n) is 9.33. The topological polar surface area (TPSA) is 98.5 Å². The minimum Gasteiger partial charge on any atom is -0.494 e. The number of furan rings is 1. The zero-order valence-corrected chi connectivity index (χ0v) is 16.4. The fourth-order valence-electron chi connectivity index (χ4n) is 3.91. The number of benzene rings is 1. The highest BCUT2D eigenvalue weighted by Gasteiger charge is 2.33. The lowest BCUT2D eigenvalue weighted by Gasteiger charge is -2.26. The number of hydrogen-bond acceptors (Lipinski definition) is 6. The second-order valence-corrected chi connectivity index (χ2v) is 6.87. The summed E-state index contributed by atoms with van der Waals surface area (Å²) in [5.74, 6) is 1.84. The van der Waals surface area contributed by atoms with Crippen LogP contribution in [0.1, 0.15) is 35.5 Å². The molecule has 2 N–H and O–H groups in total. The Morgan fingerprint density at radius 1 is 1.10 bits per heavy atom. The zero-order chi connectivity index (χ0) is 20.7. The highest BCUT2D eigenvalue weighted by molar-refractivity contribution is 5.93. The number of ether oxygens (including phenoxy) is 2. The molecule has 3 aromatic rings. The van der Waals surface area contributed by atoms with Gasteiger partial charge in [0.1, 0.15) is 34.7 Å². The van der Waals surface area contributed by atoms with Gasteiger partial charge in [0, 0.05) is 5.56 Å². The SMILES string of the molecule is CCOc1ccc([C@@H]2C(C#N)=C(N)Oc3c2ccc(=O)c2c(C)oc(C)c32)cc1. The zero-order valence-electron chi connectivity index (χ0n) is 16.4. The van der Waals surface area contributed by atoms with Crippen LogP contribution in [0.2, 0.25) is 0 Å². The maximum Gasteiger partial charge on any atom is 0.205 e. The first kappa shape index (κ1) is 18.6. The van der Waals surface area contributed by atoms with Crippen molar-refractivity contribution in [1.82, 2.24) is 0 Å². The number of nitrogens with two attached hydrogens (primary N) is 1. The molecule has 0 fully saturated rings. The lowest BCUT2D eigenvalue weighted by molar-refractivity contribution is 0.340. The molecule has 146 valence electrons. The van der Waals surface area contributed by atoms with Crippen molar-refractivity contribution in [2.45, 2.75) is 26.7 Å². The summed E-state index contributed by atoms with van der Waals surface area (Å²) in [6.07, 6.45) is 0. The van der Waals surface area contributed by atoms with Crippen LogP contribution in [0, 0.1) is 25.2 Å². The van der Waals surface area contributed by atoms with Crippen LogP contribution in [0.3, 0.4) is 0 Å². The van der Waals surface area contributed by atoms with Crippen molar-refractivity contribution in [3.63, 3.8) is 0 Å². The highest BCUT2D eigenvalue weighted by Crippen LogP contribution is 2.45. The van der Waals surface area contributed by atoms with Gasteiger partial charge in [0.2, 0.25) is 5.88 Å². The molecule has 6 heteroatoms. The molecule has 1 aromatic heterocycles. The molecule has 0 saturated heterocycles. The smallest absolute Gasteiger partial charge is 0.205 e. The molecule has 6 nitrogen and oxygen atoms in total. The van der Waals surface area contributed by atoms with E-state index in [4.69, 9.17) is 19.6 Å². The van der Waals surface area contributed by atoms with Crippen LogP contribution >= 0.6 is 0 Å². The van der Waals surface area contributed by atoms with Crippen molar-refractivity contribution in [1.29, 1.82) is 5.26 Å². The van der Waals surface area contributed by atoms with Gasteiger partial charge in [0.25, 0.3) is 0 Å². The number of fused-ring (bicyclic) bond motifs is 3. The summed E-state index contributed by atoms with van der Waals surface area (Å²) < 4.78 is 17.1. The molecule has 0 spiro atoms. The highest BCUT2D eigenvalue weighted by atomic mass is 16.5. The van der Waals surface area contributed by atoms with Gasteiger partial charge >= 0.3 is 0 Å². The van der Waals surface area contributed by atoms with Gasteiger partial charge in [-0.15, -0.1) is 0 Å². The van der Waals surface area contributed by atoms with Gasteiger partial charge < -0.3 is 19.6 Å². The molecular formula is C23H20N2O4. The largest absolute Gasteiger partial charge is 0.494 e. The maximum atomic E-state index is 12.7. The van der Waals surface area contributed by atoms with Crippen molar-refractivity contribution < 1.29 is 13.9 Å². The van der Waals surface area contributed by atoms with Crippen molar-refractivity contribution in [2.24, 2.45) is 5.73 Å². The van der Waals surface area contributed by atoms with Crippen molar-refractivity contribution >= 4 is 10.8 Å². The number of nitriles is 1. The average Bonchev–Trinajstić information content (AvgIpc) is 2.91. The maximum absolute atomic E-state index is 12.7. The Morgan fingerprint density at radius 3 is 2.45 bits per heavy atom.